The van der Waals surface area contributed by atoms with E-state index in [1.165, 1.54) is 0 Å². The molecular weight excluding hydrogens is 176 g/mol. The molecule has 4 unspecified atom stereocenters. The molecule has 0 N–H and O–H groups in total. The first-order valence-electron chi connectivity index (χ1n) is 4.35. The van der Waals surface area contributed by atoms with E-state index >= 15 is 0 Å². The summed E-state index contributed by atoms with van der Waals surface area (Å²) in [7, 11) is 0. The minimum Gasteiger partial charge on any atom is -0.198 e. The molecule has 0 radical (unpaired) electrons. The SMILES string of the molecule is N#CC1CC(C#N)C(C#N)CC1C#N. The summed E-state index contributed by atoms with van der Waals surface area (Å²) < 4.78 is 0. The summed E-state index contributed by atoms with van der Waals surface area (Å²) >= 11 is 0. The minimum absolute atomic E-state index is 0.351. The summed E-state index contributed by atoms with van der Waals surface area (Å²) in [6, 6.07) is 8.12. The average Bonchev–Trinajstić information content (AvgIpc) is 2.26. The molecule has 4 heteroatoms. The van der Waals surface area contributed by atoms with E-state index in [0.29, 0.717) is 12.8 Å². The van der Waals surface area contributed by atoms with Gasteiger partial charge in [-0.1, -0.05) is 0 Å². The molecule has 0 saturated heterocycles. The monoisotopic (exact) mass is 184 g/mol. The van der Waals surface area contributed by atoms with Gasteiger partial charge >= 0.3 is 0 Å². The zero-order valence-corrected chi connectivity index (χ0v) is 7.51. The molecule has 14 heavy (non-hydrogen) atoms. The number of rotatable bonds is 0. The summed E-state index contributed by atoms with van der Waals surface area (Å²) in [6.07, 6.45) is 0.701. The first-order valence-corrected chi connectivity index (χ1v) is 4.35. The smallest absolute Gasteiger partial charge is 0.0670 e. The van der Waals surface area contributed by atoms with Crippen molar-refractivity contribution in [2.45, 2.75) is 12.8 Å². The van der Waals surface area contributed by atoms with Crippen LogP contribution in [0.4, 0.5) is 0 Å². The van der Waals surface area contributed by atoms with E-state index in [0.717, 1.165) is 0 Å². The molecule has 0 aromatic rings. The van der Waals surface area contributed by atoms with Crippen LogP contribution < -0.4 is 0 Å². The van der Waals surface area contributed by atoms with Crippen LogP contribution in [0.15, 0.2) is 0 Å². The normalized spacial score (nSPS) is 35.7. The maximum Gasteiger partial charge on any atom is 0.0670 e. The maximum atomic E-state index is 8.77. The molecule has 68 valence electrons. The average molecular weight is 184 g/mol. The van der Waals surface area contributed by atoms with E-state index in [-0.39, 0.29) is 0 Å². The Morgan fingerprint density at radius 3 is 0.929 bits per heavy atom. The highest BCUT2D eigenvalue weighted by Gasteiger charge is 2.37. The maximum absolute atomic E-state index is 8.77. The first-order chi connectivity index (χ1) is 6.76. The molecule has 1 aliphatic carbocycles. The Morgan fingerprint density at radius 1 is 0.571 bits per heavy atom. The molecule has 0 bridgehead atoms. The summed E-state index contributed by atoms with van der Waals surface area (Å²) in [5.41, 5.74) is 0. The van der Waals surface area contributed by atoms with Crippen molar-refractivity contribution in [1.82, 2.24) is 0 Å². The number of nitriles is 4. The summed E-state index contributed by atoms with van der Waals surface area (Å²) in [5, 5.41) is 35.1. The Bertz CT molecular complexity index is 299. The molecule has 0 spiro atoms. The number of hydrogen-bond acceptors (Lipinski definition) is 4. The molecule has 4 nitrogen and oxygen atoms in total. The topological polar surface area (TPSA) is 95.2 Å². The van der Waals surface area contributed by atoms with Crippen LogP contribution in [0.5, 0.6) is 0 Å². The molecule has 1 fully saturated rings. The second-order valence-electron chi connectivity index (χ2n) is 3.41. The highest BCUT2D eigenvalue weighted by Crippen LogP contribution is 2.36. The molecule has 0 aromatic carbocycles. The Kier molecular flexibility index (Phi) is 3.06. The van der Waals surface area contributed by atoms with Gasteiger partial charge in [0, 0.05) is 0 Å². The van der Waals surface area contributed by atoms with Gasteiger partial charge in [-0.05, 0) is 12.8 Å². The van der Waals surface area contributed by atoms with E-state index in [1.54, 1.807) is 0 Å². The van der Waals surface area contributed by atoms with E-state index in [4.69, 9.17) is 21.0 Å². The number of hydrogen-bond donors (Lipinski definition) is 0. The Hall–Kier alpha value is -2.04. The van der Waals surface area contributed by atoms with E-state index in [1.807, 2.05) is 24.3 Å². The van der Waals surface area contributed by atoms with Gasteiger partial charge in [0.25, 0.3) is 0 Å². The predicted molar refractivity (Wildman–Crippen MR) is 45.6 cm³/mol. The van der Waals surface area contributed by atoms with Crippen LogP contribution in [-0.4, -0.2) is 0 Å². The van der Waals surface area contributed by atoms with Crippen LogP contribution in [0.2, 0.25) is 0 Å². The lowest BCUT2D eigenvalue weighted by atomic mass is 9.70. The quantitative estimate of drug-likeness (QED) is 0.567. The zero-order chi connectivity index (χ0) is 10.6. The van der Waals surface area contributed by atoms with Gasteiger partial charge in [-0.2, -0.15) is 21.0 Å². The van der Waals surface area contributed by atoms with E-state index in [2.05, 4.69) is 0 Å². The molecule has 4 atom stereocenters. The molecule has 1 rings (SSSR count). The molecular formula is C10H8N4. The highest BCUT2D eigenvalue weighted by molar-refractivity contribution is 5.11. The molecule has 0 heterocycles. The minimum atomic E-state index is -0.394. The van der Waals surface area contributed by atoms with Crippen molar-refractivity contribution in [3.63, 3.8) is 0 Å². The zero-order valence-electron chi connectivity index (χ0n) is 7.51. The van der Waals surface area contributed by atoms with Gasteiger partial charge in [0.1, 0.15) is 0 Å². The highest BCUT2D eigenvalue weighted by atomic mass is 14.4. The van der Waals surface area contributed by atoms with Crippen molar-refractivity contribution in [2.75, 3.05) is 0 Å². The van der Waals surface area contributed by atoms with Gasteiger partial charge in [0.05, 0.1) is 47.9 Å². The summed E-state index contributed by atoms with van der Waals surface area (Å²) in [6.45, 7) is 0. The van der Waals surface area contributed by atoms with Crippen molar-refractivity contribution >= 4 is 0 Å². The fraction of sp³-hybridized carbons (Fsp3) is 0.600. The number of nitrogens with zero attached hydrogens (tertiary/aromatic N) is 4. The molecule has 0 amide bonds. The van der Waals surface area contributed by atoms with Crippen LogP contribution >= 0.6 is 0 Å². The largest absolute Gasteiger partial charge is 0.198 e. The van der Waals surface area contributed by atoms with Gasteiger partial charge in [-0.25, -0.2) is 0 Å². The standard InChI is InChI=1S/C10H8N4/c11-3-7-1-8(4-12)10(6-14)2-9(7)5-13/h7-10H,1-2H2. The van der Waals surface area contributed by atoms with Gasteiger partial charge in [-0.15, -0.1) is 0 Å². The Morgan fingerprint density at radius 2 is 0.786 bits per heavy atom. The third-order valence-corrected chi connectivity index (χ3v) is 2.65. The lowest BCUT2D eigenvalue weighted by molar-refractivity contribution is 0.253. The van der Waals surface area contributed by atoms with Crippen LogP contribution in [-0.2, 0) is 0 Å². The van der Waals surface area contributed by atoms with Gasteiger partial charge in [0.2, 0.25) is 0 Å². The second-order valence-corrected chi connectivity index (χ2v) is 3.41. The van der Waals surface area contributed by atoms with Crippen molar-refractivity contribution in [3.05, 3.63) is 0 Å². The fourth-order valence-electron chi connectivity index (χ4n) is 1.77. The third-order valence-electron chi connectivity index (χ3n) is 2.65. The predicted octanol–water partition coefficient (Wildman–Crippen LogP) is 1.34. The molecule has 1 aliphatic rings. The van der Waals surface area contributed by atoms with Crippen LogP contribution in [0.1, 0.15) is 12.8 Å². The van der Waals surface area contributed by atoms with Crippen molar-refractivity contribution in [3.8, 4) is 24.3 Å². The van der Waals surface area contributed by atoms with Crippen molar-refractivity contribution in [2.24, 2.45) is 23.7 Å². The van der Waals surface area contributed by atoms with Crippen molar-refractivity contribution < 1.29 is 0 Å². The van der Waals surface area contributed by atoms with Crippen LogP contribution in [0.3, 0.4) is 0 Å². The lowest BCUT2D eigenvalue weighted by Crippen LogP contribution is -2.29. The lowest BCUT2D eigenvalue weighted by Gasteiger charge is -2.28. The summed E-state index contributed by atoms with van der Waals surface area (Å²) in [5.74, 6) is -1.58. The van der Waals surface area contributed by atoms with Gasteiger partial charge in [-0.3, -0.25) is 0 Å². The Labute approximate surface area is 82.6 Å². The molecule has 1 saturated carbocycles. The van der Waals surface area contributed by atoms with Crippen LogP contribution in [0, 0.1) is 69.0 Å². The van der Waals surface area contributed by atoms with Gasteiger partial charge in [0.15, 0.2) is 0 Å². The second kappa shape index (κ2) is 4.27. The van der Waals surface area contributed by atoms with E-state index in [9.17, 15) is 0 Å². The van der Waals surface area contributed by atoms with Gasteiger partial charge < -0.3 is 0 Å². The Balaban J connectivity index is 2.85. The molecule has 0 aromatic heterocycles. The van der Waals surface area contributed by atoms with E-state index < -0.39 is 23.7 Å². The third kappa shape index (κ3) is 1.66. The van der Waals surface area contributed by atoms with Crippen molar-refractivity contribution in [1.29, 1.82) is 21.0 Å². The summed E-state index contributed by atoms with van der Waals surface area (Å²) in [4.78, 5) is 0. The first kappa shape index (κ1) is 10.0. The fourth-order valence-corrected chi connectivity index (χ4v) is 1.77. The molecule has 0 aliphatic heterocycles. The van der Waals surface area contributed by atoms with Crippen LogP contribution in [0.25, 0.3) is 0 Å².